The Bertz CT molecular complexity index is 405. The fourth-order valence-corrected chi connectivity index (χ4v) is 2.13. The SMILES string of the molecule is COCCC1(CNCc2ccc(F)c(F)c2)CC1. The highest BCUT2D eigenvalue weighted by molar-refractivity contribution is 5.17. The van der Waals surface area contributed by atoms with Crippen LogP contribution in [0.3, 0.4) is 0 Å². The summed E-state index contributed by atoms with van der Waals surface area (Å²) in [6.45, 7) is 2.27. The van der Waals surface area contributed by atoms with Crippen molar-refractivity contribution in [3.63, 3.8) is 0 Å². The van der Waals surface area contributed by atoms with Gasteiger partial charge in [-0.25, -0.2) is 8.78 Å². The highest BCUT2D eigenvalue weighted by atomic mass is 19.2. The molecule has 1 aliphatic carbocycles. The second-order valence-electron chi connectivity index (χ2n) is 5.09. The Morgan fingerprint density at radius 2 is 2.06 bits per heavy atom. The molecule has 18 heavy (non-hydrogen) atoms. The molecule has 1 fully saturated rings. The molecule has 0 aliphatic heterocycles. The normalized spacial score (nSPS) is 16.8. The maximum Gasteiger partial charge on any atom is 0.159 e. The van der Waals surface area contributed by atoms with Crippen molar-refractivity contribution < 1.29 is 13.5 Å². The average molecular weight is 255 g/mol. The van der Waals surface area contributed by atoms with Crippen LogP contribution in [0.2, 0.25) is 0 Å². The lowest BCUT2D eigenvalue weighted by atomic mass is 10.0. The molecule has 0 spiro atoms. The molecule has 1 N–H and O–H groups in total. The number of ether oxygens (including phenoxy) is 1. The van der Waals surface area contributed by atoms with E-state index in [0.717, 1.165) is 25.1 Å². The van der Waals surface area contributed by atoms with Crippen molar-refractivity contribution in [3.8, 4) is 0 Å². The lowest BCUT2D eigenvalue weighted by Crippen LogP contribution is -2.24. The number of hydrogen-bond donors (Lipinski definition) is 1. The molecule has 100 valence electrons. The van der Waals surface area contributed by atoms with Crippen molar-refractivity contribution in [2.45, 2.75) is 25.8 Å². The quantitative estimate of drug-likeness (QED) is 0.809. The second-order valence-corrected chi connectivity index (χ2v) is 5.09. The van der Waals surface area contributed by atoms with Gasteiger partial charge in [0.15, 0.2) is 11.6 Å². The van der Waals surface area contributed by atoms with E-state index in [1.54, 1.807) is 13.2 Å². The molecule has 2 nitrogen and oxygen atoms in total. The van der Waals surface area contributed by atoms with Gasteiger partial charge in [0.1, 0.15) is 0 Å². The lowest BCUT2D eigenvalue weighted by molar-refractivity contribution is 0.171. The molecule has 0 aromatic heterocycles. The number of rotatable bonds is 7. The largest absolute Gasteiger partial charge is 0.385 e. The zero-order valence-corrected chi connectivity index (χ0v) is 10.6. The predicted molar refractivity (Wildman–Crippen MR) is 66.2 cm³/mol. The van der Waals surface area contributed by atoms with E-state index in [-0.39, 0.29) is 0 Å². The van der Waals surface area contributed by atoms with E-state index in [1.807, 2.05) is 0 Å². The highest BCUT2D eigenvalue weighted by Crippen LogP contribution is 2.48. The summed E-state index contributed by atoms with van der Waals surface area (Å²) >= 11 is 0. The first-order valence-corrected chi connectivity index (χ1v) is 6.29. The van der Waals surface area contributed by atoms with Crippen LogP contribution in [0, 0.1) is 17.0 Å². The predicted octanol–water partition coefficient (Wildman–Crippen LogP) is 2.87. The molecule has 0 saturated heterocycles. The van der Waals surface area contributed by atoms with Crippen LogP contribution in [-0.4, -0.2) is 20.3 Å². The first-order valence-electron chi connectivity index (χ1n) is 6.29. The van der Waals surface area contributed by atoms with E-state index in [1.165, 1.54) is 25.0 Å². The molecule has 0 heterocycles. The van der Waals surface area contributed by atoms with Crippen molar-refractivity contribution in [2.75, 3.05) is 20.3 Å². The van der Waals surface area contributed by atoms with Gasteiger partial charge in [0, 0.05) is 26.8 Å². The molecule has 0 radical (unpaired) electrons. The van der Waals surface area contributed by atoms with Crippen molar-refractivity contribution in [3.05, 3.63) is 35.4 Å². The summed E-state index contributed by atoms with van der Waals surface area (Å²) in [5, 5.41) is 3.32. The molecule has 1 saturated carbocycles. The Morgan fingerprint density at radius 3 is 2.67 bits per heavy atom. The number of methoxy groups -OCH3 is 1. The Morgan fingerprint density at radius 1 is 1.28 bits per heavy atom. The van der Waals surface area contributed by atoms with Gasteiger partial charge in [-0.1, -0.05) is 6.07 Å². The van der Waals surface area contributed by atoms with Gasteiger partial charge in [-0.3, -0.25) is 0 Å². The molecule has 0 atom stereocenters. The van der Waals surface area contributed by atoms with E-state index in [2.05, 4.69) is 5.32 Å². The summed E-state index contributed by atoms with van der Waals surface area (Å²) < 4.78 is 30.8. The summed E-state index contributed by atoms with van der Waals surface area (Å²) in [7, 11) is 1.71. The Kier molecular flexibility index (Phi) is 4.30. The first-order chi connectivity index (χ1) is 8.65. The molecular weight excluding hydrogens is 236 g/mol. The zero-order chi connectivity index (χ0) is 13.0. The molecule has 0 bridgehead atoms. The van der Waals surface area contributed by atoms with Crippen LogP contribution in [0.5, 0.6) is 0 Å². The molecule has 1 aliphatic rings. The fourth-order valence-electron chi connectivity index (χ4n) is 2.13. The van der Waals surface area contributed by atoms with E-state index >= 15 is 0 Å². The molecule has 0 amide bonds. The van der Waals surface area contributed by atoms with Crippen LogP contribution >= 0.6 is 0 Å². The van der Waals surface area contributed by atoms with Crippen molar-refractivity contribution >= 4 is 0 Å². The summed E-state index contributed by atoms with van der Waals surface area (Å²) in [5.74, 6) is -1.58. The van der Waals surface area contributed by atoms with Gasteiger partial charge in [0.25, 0.3) is 0 Å². The van der Waals surface area contributed by atoms with Gasteiger partial charge in [-0.15, -0.1) is 0 Å². The van der Waals surface area contributed by atoms with Crippen LogP contribution in [0.4, 0.5) is 8.78 Å². The zero-order valence-electron chi connectivity index (χ0n) is 10.6. The van der Waals surface area contributed by atoms with Crippen LogP contribution in [0.15, 0.2) is 18.2 Å². The minimum Gasteiger partial charge on any atom is -0.385 e. The number of hydrogen-bond acceptors (Lipinski definition) is 2. The number of benzene rings is 1. The van der Waals surface area contributed by atoms with Crippen molar-refractivity contribution in [1.82, 2.24) is 5.32 Å². The minimum absolute atomic E-state index is 0.370. The third-order valence-corrected chi connectivity index (χ3v) is 3.61. The molecule has 1 aromatic rings. The number of halogens is 2. The van der Waals surface area contributed by atoms with Crippen molar-refractivity contribution in [1.29, 1.82) is 0 Å². The Balaban J connectivity index is 1.76. The second kappa shape index (κ2) is 5.76. The van der Waals surface area contributed by atoms with Gasteiger partial charge in [-0.05, 0) is 42.4 Å². The van der Waals surface area contributed by atoms with E-state index in [9.17, 15) is 8.78 Å². The van der Waals surface area contributed by atoms with Crippen LogP contribution in [-0.2, 0) is 11.3 Å². The number of nitrogens with one attached hydrogen (secondary N) is 1. The lowest BCUT2D eigenvalue weighted by Gasteiger charge is -2.15. The van der Waals surface area contributed by atoms with Crippen LogP contribution in [0.25, 0.3) is 0 Å². The summed E-state index contributed by atoms with van der Waals surface area (Å²) in [5.41, 5.74) is 1.14. The average Bonchev–Trinajstić information content (AvgIpc) is 3.12. The van der Waals surface area contributed by atoms with Crippen LogP contribution in [0.1, 0.15) is 24.8 Å². The third kappa shape index (κ3) is 3.50. The maximum absolute atomic E-state index is 13.0. The molecule has 4 heteroatoms. The van der Waals surface area contributed by atoms with Crippen LogP contribution < -0.4 is 5.32 Å². The van der Waals surface area contributed by atoms with Gasteiger partial charge >= 0.3 is 0 Å². The topological polar surface area (TPSA) is 21.3 Å². The van der Waals surface area contributed by atoms with Gasteiger partial charge in [0.2, 0.25) is 0 Å². The first kappa shape index (κ1) is 13.4. The van der Waals surface area contributed by atoms with Gasteiger partial charge in [-0.2, -0.15) is 0 Å². The van der Waals surface area contributed by atoms with E-state index in [4.69, 9.17) is 4.74 Å². The smallest absolute Gasteiger partial charge is 0.159 e. The van der Waals surface area contributed by atoms with Gasteiger partial charge in [0.05, 0.1) is 0 Å². The molecule has 1 aromatic carbocycles. The van der Waals surface area contributed by atoms with Crippen molar-refractivity contribution in [2.24, 2.45) is 5.41 Å². The van der Waals surface area contributed by atoms with E-state index < -0.39 is 11.6 Å². The van der Waals surface area contributed by atoms with Gasteiger partial charge < -0.3 is 10.1 Å². The Labute approximate surface area is 106 Å². The Hall–Kier alpha value is -1.00. The van der Waals surface area contributed by atoms with E-state index in [0.29, 0.717) is 12.0 Å². The third-order valence-electron chi connectivity index (χ3n) is 3.61. The standard InChI is InChI=1S/C14H19F2NO/c1-18-7-6-14(4-5-14)10-17-9-11-2-3-12(15)13(16)8-11/h2-3,8,17H,4-7,9-10H2,1H3. The summed E-state index contributed by atoms with van der Waals surface area (Å²) in [6, 6.07) is 4.03. The molecule has 0 unspecified atom stereocenters. The monoisotopic (exact) mass is 255 g/mol. The fraction of sp³-hybridized carbons (Fsp3) is 0.571. The molecular formula is C14H19F2NO. The minimum atomic E-state index is -0.794. The highest BCUT2D eigenvalue weighted by Gasteiger charge is 2.41. The summed E-state index contributed by atoms with van der Waals surface area (Å²) in [4.78, 5) is 0. The summed E-state index contributed by atoms with van der Waals surface area (Å²) in [6.07, 6.45) is 3.51. The molecule has 2 rings (SSSR count). The maximum atomic E-state index is 13.0.